The van der Waals surface area contributed by atoms with Crippen molar-refractivity contribution in [1.29, 1.82) is 0 Å². The molecule has 1 amide bonds. The van der Waals surface area contributed by atoms with E-state index in [4.69, 9.17) is 0 Å². The Morgan fingerprint density at radius 1 is 1.14 bits per heavy atom. The third-order valence-corrected chi connectivity index (χ3v) is 5.21. The lowest BCUT2D eigenvalue weighted by molar-refractivity contribution is 0.0287. The molecule has 1 aromatic rings. The molecule has 2 fully saturated rings. The quantitative estimate of drug-likeness (QED) is 0.907. The Bertz CT molecular complexity index is 514. The van der Waals surface area contributed by atoms with Gasteiger partial charge in [0.1, 0.15) is 0 Å². The zero-order valence-corrected chi connectivity index (χ0v) is 12.8. The minimum Gasteiger partial charge on any atom is -0.393 e. The highest BCUT2D eigenvalue weighted by Crippen LogP contribution is 2.35. The highest BCUT2D eigenvalue weighted by atomic mass is 16.3. The molecule has 3 rings (SSSR count). The number of carbonyl (C=O) groups excluding carboxylic acids is 1. The van der Waals surface area contributed by atoms with Crippen molar-refractivity contribution in [2.24, 2.45) is 5.92 Å². The van der Waals surface area contributed by atoms with Gasteiger partial charge in [0.15, 0.2) is 0 Å². The van der Waals surface area contributed by atoms with Gasteiger partial charge in [-0.05, 0) is 50.7 Å². The maximum Gasteiger partial charge on any atom is 0.254 e. The number of benzene rings is 1. The number of hydrogen-bond donors (Lipinski definition) is 1. The van der Waals surface area contributed by atoms with E-state index in [9.17, 15) is 9.90 Å². The van der Waals surface area contributed by atoms with E-state index in [1.807, 2.05) is 36.1 Å². The van der Waals surface area contributed by atoms with Gasteiger partial charge in [-0.15, -0.1) is 0 Å². The van der Waals surface area contributed by atoms with Gasteiger partial charge >= 0.3 is 0 Å². The molecule has 0 bridgehead atoms. The first-order valence-corrected chi connectivity index (χ1v) is 8.23. The summed E-state index contributed by atoms with van der Waals surface area (Å²) < 4.78 is 0. The third-order valence-electron chi connectivity index (χ3n) is 5.21. The SMILES string of the molecule is Cc1ccccc1C(=O)N1CCCCC1C1CCCC1O. The van der Waals surface area contributed by atoms with Crippen molar-refractivity contribution in [3.8, 4) is 0 Å². The summed E-state index contributed by atoms with van der Waals surface area (Å²) in [5, 5.41) is 10.2. The normalized spacial score (nSPS) is 29.6. The predicted molar refractivity (Wildman–Crippen MR) is 83.2 cm³/mol. The van der Waals surface area contributed by atoms with Gasteiger partial charge in [-0.3, -0.25) is 4.79 Å². The summed E-state index contributed by atoms with van der Waals surface area (Å²) in [5.41, 5.74) is 1.86. The first-order valence-electron chi connectivity index (χ1n) is 8.23. The Balaban J connectivity index is 1.84. The molecule has 3 unspecified atom stereocenters. The molecule has 21 heavy (non-hydrogen) atoms. The van der Waals surface area contributed by atoms with Crippen LogP contribution in [-0.4, -0.2) is 34.6 Å². The highest BCUT2D eigenvalue weighted by Gasteiger charge is 2.39. The average Bonchev–Trinajstić information content (AvgIpc) is 2.93. The largest absolute Gasteiger partial charge is 0.393 e. The number of aryl methyl sites for hydroxylation is 1. The summed E-state index contributed by atoms with van der Waals surface area (Å²) in [4.78, 5) is 15.0. The van der Waals surface area contributed by atoms with E-state index in [-0.39, 0.29) is 24.0 Å². The van der Waals surface area contributed by atoms with Gasteiger partial charge in [-0.2, -0.15) is 0 Å². The zero-order valence-electron chi connectivity index (χ0n) is 12.8. The Morgan fingerprint density at radius 3 is 2.67 bits per heavy atom. The smallest absolute Gasteiger partial charge is 0.254 e. The topological polar surface area (TPSA) is 40.5 Å². The molecule has 1 aromatic carbocycles. The number of nitrogens with zero attached hydrogens (tertiary/aromatic N) is 1. The number of hydrogen-bond acceptors (Lipinski definition) is 2. The molecular weight excluding hydrogens is 262 g/mol. The number of aliphatic hydroxyl groups is 1. The van der Waals surface area contributed by atoms with Gasteiger partial charge < -0.3 is 10.0 Å². The molecule has 0 spiro atoms. The fraction of sp³-hybridized carbons (Fsp3) is 0.611. The van der Waals surface area contributed by atoms with Gasteiger partial charge in [0.2, 0.25) is 0 Å². The van der Waals surface area contributed by atoms with E-state index in [1.165, 1.54) is 6.42 Å². The first-order chi connectivity index (χ1) is 10.2. The summed E-state index contributed by atoms with van der Waals surface area (Å²) in [6.45, 7) is 2.83. The van der Waals surface area contributed by atoms with Gasteiger partial charge in [-0.25, -0.2) is 0 Å². The van der Waals surface area contributed by atoms with Crippen LogP contribution in [0.1, 0.15) is 54.4 Å². The standard InChI is InChI=1S/C18H25NO2/c1-13-7-2-3-8-14(13)18(21)19-12-5-4-10-16(19)15-9-6-11-17(15)20/h2-3,7-8,15-17,20H,4-6,9-12H2,1H3. The summed E-state index contributed by atoms with van der Waals surface area (Å²) >= 11 is 0. The number of carbonyl (C=O) groups is 1. The van der Waals surface area contributed by atoms with E-state index in [0.717, 1.165) is 49.8 Å². The van der Waals surface area contributed by atoms with Crippen LogP contribution in [0.5, 0.6) is 0 Å². The van der Waals surface area contributed by atoms with E-state index < -0.39 is 0 Å². The van der Waals surface area contributed by atoms with Crippen LogP contribution >= 0.6 is 0 Å². The summed E-state index contributed by atoms with van der Waals surface area (Å²) in [7, 11) is 0. The third kappa shape index (κ3) is 2.84. The van der Waals surface area contributed by atoms with Crippen molar-refractivity contribution in [2.75, 3.05) is 6.54 Å². The van der Waals surface area contributed by atoms with Crippen LogP contribution in [0.25, 0.3) is 0 Å². The van der Waals surface area contributed by atoms with Crippen molar-refractivity contribution < 1.29 is 9.90 Å². The summed E-state index contributed by atoms with van der Waals surface area (Å²) in [6, 6.07) is 8.05. The Labute approximate surface area is 127 Å². The number of likely N-dealkylation sites (tertiary alicyclic amines) is 1. The van der Waals surface area contributed by atoms with E-state index >= 15 is 0 Å². The van der Waals surface area contributed by atoms with Crippen LogP contribution in [0.15, 0.2) is 24.3 Å². The second-order valence-electron chi connectivity index (χ2n) is 6.54. The Kier molecular flexibility index (Phi) is 4.29. The van der Waals surface area contributed by atoms with Crippen LogP contribution in [0.2, 0.25) is 0 Å². The van der Waals surface area contributed by atoms with Crippen LogP contribution in [0.3, 0.4) is 0 Å². The van der Waals surface area contributed by atoms with Crippen molar-refractivity contribution in [3.63, 3.8) is 0 Å². The lowest BCUT2D eigenvalue weighted by Crippen LogP contribution is -2.49. The minimum absolute atomic E-state index is 0.150. The Morgan fingerprint density at radius 2 is 1.95 bits per heavy atom. The first kappa shape index (κ1) is 14.6. The van der Waals surface area contributed by atoms with Crippen LogP contribution in [-0.2, 0) is 0 Å². The van der Waals surface area contributed by atoms with E-state index in [2.05, 4.69) is 0 Å². The van der Waals surface area contributed by atoms with Gasteiger partial charge in [0.25, 0.3) is 5.91 Å². The van der Waals surface area contributed by atoms with E-state index in [0.29, 0.717) is 0 Å². The average molecular weight is 287 g/mol. The van der Waals surface area contributed by atoms with Crippen LogP contribution in [0, 0.1) is 12.8 Å². The molecule has 3 atom stereocenters. The fourth-order valence-corrected chi connectivity index (χ4v) is 4.04. The molecule has 1 aliphatic heterocycles. The van der Waals surface area contributed by atoms with E-state index in [1.54, 1.807) is 0 Å². The highest BCUT2D eigenvalue weighted by molar-refractivity contribution is 5.95. The second-order valence-corrected chi connectivity index (χ2v) is 6.54. The molecule has 1 heterocycles. The molecular formula is C18H25NO2. The predicted octanol–water partition coefficient (Wildman–Crippen LogP) is 3.15. The van der Waals surface area contributed by atoms with Crippen LogP contribution in [0.4, 0.5) is 0 Å². The number of aliphatic hydroxyl groups excluding tert-OH is 1. The summed E-state index contributed by atoms with van der Waals surface area (Å²) in [5.74, 6) is 0.426. The molecule has 1 saturated carbocycles. The molecule has 3 nitrogen and oxygen atoms in total. The zero-order chi connectivity index (χ0) is 14.8. The summed E-state index contributed by atoms with van der Waals surface area (Å²) in [6.07, 6.45) is 6.12. The second kappa shape index (κ2) is 6.18. The number of rotatable bonds is 2. The monoisotopic (exact) mass is 287 g/mol. The molecule has 0 radical (unpaired) electrons. The molecule has 1 saturated heterocycles. The van der Waals surface area contributed by atoms with Gasteiger partial charge in [0.05, 0.1) is 6.10 Å². The van der Waals surface area contributed by atoms with Crippen molar-refractivity contribution in [3.05, 3.63) is 35.4 Å². The minimum atomic E-state index is -0.222. The van der Waals surface area contributed by atoms with Gasteiger partial charge in [-0.1, -0.05) is 24.6 Å². The maximum atomic E-state index is 12.9. The van der Waals surface area contributed by atoms with Crippen LogP contribution < -0.4 is 0 Å². The number of piperidine rings is 1. The maximum absolute atomic E-state index is 12.9. The molecule has 0 aromatic heterocycles. The molecule has 114 valence electrons. The molecule has 1 N–H and O–H groups in total. The van der Waals surface area contributed by atoms with Crippen molar-refractivity contribution >= 4 is 5.91 Å². The Hall–Kier alpha value is -1.35. The molecule has 2 aliphatic rings. The molecule has 3 heteroatoms. The lowest BCUT2D eigenvalue weighted by atomic mass is 9.87. The van der Waals surface area contributed by atoms with Gasteiger partial charge in [0, 0.05) is 24.1 Å². The fourth-order valence-electron chi connectivity index (χ4n) is 4.04. The molecule has 1 aliphatic carbocycles. The number of amides is 1. The van der Waals surface area contributed by atoms with Crippen molar-refractivity contribution in [1.82, 2.24) is 4.90 Å². The lowest BCUT2D eigenvalue weighted by Gasteiger charge is -2.40. The van der Waals surface area contributed by atoms with Crippen molar-refractivity contribution in [2.45, 2.75) is 57.6 Å².